The quantitative estimate of drug-likeness (QED) is 0.399. The van der Waals surface area contributed by atoms with Gasteiger partial charge in [-0.05, 0) is 0 Å². The van der Waals surface area contributed by atoms with Crippen molar-refractivity contribution >= 4 is 30.1 Å². The zero-order valence-electron chi connectivity index (χ0n) is 9.30. The van der Waals surface area contributed by atoms with E-state index in [1.165, 1.54) is 0 Å². The molecule has 1 saturated heterocycles. The van der Waals surface area contributed by atoms with Gasteiger partial charge in [0.05, 0.1) is 6.54 Å². The average molecular weight is 257 g/mol. The fourth-order valence-corrected chi connectivity index (χ4v) is 1.16. The van der Waals surface area contributed by atoms with Crippen molar-refractivity contribution in [2.75, 3.05) is 13.1 Å². The van der Waals surface area contributed by atoms with Crippen LogP contribution in [-0.2, 0) is 28.8 Å². The Hall–Kier alpha value is -2.45. The van der Waals surface area contributed by atoms with Gasteiger partial charge in [-0.3, -0.25) is 19.2 Å². The fourth-order valence-electron chi connectivity index (χ4n) is 1.16. The second-order valence-corrected chi connectivity index (χ2v) is 3.32. The molecule has 1 rings (SSSR count). The number of rotatable bonds is 6. The van der Waals surface area contributed by atoms with Crippen molar-refractivity contribution in [1.82, 2.24) is 15.7 Å². The molecule has 0 unspecified atom stereocenters. The molecule has 0 aliphatic carbocycles. The second kappa shape index (κ2) is 6.33. The molecule has 1 fully saturated rings. The minimum atomic E-state index is -0.946. The molecule has 9 nitrogen and oxygen atoms in total. The van der Waals surface area contributed by atoms with E-state index in [1.807, 2.05) is 0 Å². The van der Waals surface area contributed by atoms with Gasteiger partial charge in [0, 0.05) is 12.8 Å². The largest absolute Gasteiger partial charge is 0.352 e. The van der Waals surface area contributed by atoms with Crippen molar-refractivity contribution < 1.29 is 28.8 Å². The Balaban J connectivity index is 2.29. The van der Waals surface area contributed by atoms with Crippen molar-refractivity contribution in [2.45, 2.75) is 12.8 Å². The van der Waals surface area contributed by atoms with Gasteiger partial charge >= 0.3 is 5.97 Å². The number of hydrogen-bond donors (Lipinski definition) is 2. The fraction of sp³-hybridized carbons (Fsp3) is 0.444. The van der Waals surface area contributed by atoms with Crippen LogP contribution in [0.2, 0.25) is 0 Å². The number of carbonyl (C=O) groups is 5. The molecule has 0 atom stereocenters. The highest BCUT2D eigenvalue weighted by molar-refractivity contribution is 6.01. The summed E-state index contributed by atoms with van der Waals surface area (Å²) >= 11 is 0. The molecule has 0 bridgehead atoms. The van der Waals surface area contributed by atoms with Gasteiger partial charge in [0.2, 0.25) is 12.3 Å². The molecule has 0 aromatic rings. The Morgan fingerprint density at radius 2 is 1.83 bits per heavy atom. The van der Waals surface area contributed by atoms with E-state index >= 15 is 0 Å². The molecule has 1 heterocycles. The van der Waals surface area contributed by atoms with E-state index in [0.29, 0.717) is 11.5 Å². The Morgan fingerprint density at radius 3 is 2.39 bits per heavy atom. The Morgan fingerprint density at radius 1 is 1.22 bits per heavy atom. The third-order valence-corrected chi connectivity index (χ3v) is 1.97. The van der Waals surface area contributed by atoms with Crippen LogP contribution in [0.15, 0.2) is 0 Å². The van der Waals surface area contributed by atoms with Crippen LogP contribution in [0.4, 0.5) is 0 Å². The molecule has 1 aliphatic rings. The highest BCUT2D eigenvalue weighted by Crippen LogP contribution is 2.11. The molecule has 4 amide bonds. The van der Waals surface area contributed by atoms with Crippen LogP contribution >= 0.6 is 0 Å². The third-order valence-electron chi connectivity index (χ3n) is 1.97. The van der Waals surface area contributed by atoms with E-state index in [2.05, 4.69) is 15.5 Å². The number of nitrogens with zero attached hydrogens (tertiary/aromatic N) is 1. The summed E-state index contributed by atoms with van der Waals surface area (Å²) in [7, 11) is 0. The Labute approximate surface area is 101 Å². The lowest BCUT2D eigenvalue weighted by atomic mass is 10.4. The molecule has 98 valence electrons. The molecular weight excluding hydrogens is 246 g/mol. The van der Waals surface area contributed by atoms with Crippen LogP contribution in [0.25, 0.3) is 0 Å². The van der Waals surface area contributed by atoms with E-state index in [-0.39, 0.29) is 19.4 Å². The number of hydrogen-bond acceptors (Lipinski definition) is 6. The maximum atomic E-state index is 11.2. The van der Waals surface area contributed by atoms with Gasteiger partial charge in [0.15, 0.2) is 0 Å². The molecule has 1 aliphatic heterocycles. The van der Waals surface area contributed by atoms with Gasteiger partial charge in [0.25, 0.3) is 11.8 Å². The number of carbonyl (C=O) groups excluding carboxylic acids is 5. The molecule has 18 heavy (non-hydrogen) atoms. The molecular formula is C9H11N3O6. The Kier molecular flexibility index (Phi) is 4.78. The number of amides is 4. The van der Waals surface area contributed by atoms with Crippen LogP contribution in [0.5, 0.6) is 0 Å². The summed E-state index contributed by atoms with van der Waals surface area (Å²) < 4.78 is 0. The topological polar surface area (TPSA) is 122 Å². The van der Waals surface area contributed by atoms with Gasteiger partial charge in [-0.15, -0.1) is 5.06 Å². The normalized spacial score (nSPS) is 14.3. The van der Waals surface area contributed by atoms with Crippen molar-refractivity contribution in [3.63, 3.8) is 0 Å². The lowest BCUT2D eigenvalue weighted by molar-refractivity contribution is -0.196. The Bertz CT molecular complexity index is 378. The summed E-state index contributed by atoms with van der Waals surface area (Å²) in [5.41, 5.74) is 0. The first-order valence-corrected chi connectivity index (χ1v) is 5.05. The lowest BCUT2D eigenvalue weighted by Crippen LogP contribution is -2.40. The third kappa shape index (κ3) is 3.85. The highest BCUT2D eigenvalue weighted by Gasteiger charge is 2.32. The van der Waals surface area contributed by atoms with Crippen LogP contribution < -0.4 is 10.6 Å². The molecule has 9 heteroatoms. The molecule has 0 radical (unpaired) electrons. The van der Waals surface area contributed by atoms with Gasteiger partial charge in [-0.25, -0.2) is 4.79 Å². The van der Waals surface area contributed by atoms with Gasteiger partial charge in [-0.2, -0.15) is 0 Å². The predicted octanol–water partition coefficient (Wildman–Crippen LogP) is -2.54. The summed E-state index contributed by atoms with van der Waals surface area (Å²) in [4.78, 5) is 58.7. The van der Waals surface area contributed by atoms with E-state index < -0.39 is 30.2 Å². The highest BCUT2D eigenvalue weighted by atomic mass is 16.7. The first-order valence-electron chi connectivity index (χ1n) is 5.05. The maximum Gasteiger partial charge on any atom is 0.352 e. The summed E-state index contributed by atoms with van der Waals surface area (Å²) in [6.45, 7) is -0.783. The molecule has 0 aromatic carbocycles. The monoisotopic (exact) mass is 257 g/mol. The first-order chi connectivity index (χ1) is 8.54. The van der Waals surface area contributed by atoms with Crippen molar-refractivity contribution in [3.05, 3.63) is 0 Å². The molecule has 0 spiro atoms. The molecule has 0 saturated carbocycles. The predicted molar refractivity (Wildman–Crippen MR) is 54.3 cm³/mol. The SMILES string of the molecule is O=CNCC(=O)NCC(=O)ON1C(=O)CCC1=O. The van der Waals surface area contributed by atoms with Crippen LogP contribution in [0.3, 0.4) is 0 Å². The molecule has 0 aromatic heterocycles. The average Bonchev–Trinajstić information content (AvgIpc) is 2.65. The van der Waals surface area contributed by atoms with E-state index in [1.54, 1.807) is 0 Å². The van der Waals surface area contributed by atoms with Crippen molar-refractivity contribution in [1.29, 1.82) is 0 Å². The summed E-state index contributed by atoms with van der Waals surface area (Å²) in [6, 6.07) is 0. The summed E-state index contributed by atoms with van der Waals surface area (Å²) in [5.74, 6) is -2.74. The van der Waals surface area contributed by atoms with Gasteiger partial charge in [0.1, 0.15) is 6.54 Å². The van der Waals surface area contributed by atoms with Crippen LogP contribution in [0.1, 0.15) is 12.8 Å². The van der Waals surface area contributed by atoms with E-state index in [0.717, 1.165) is 0 Å². The molecule has 2 N–H and O–H groups in total. The number of imide groups is 1. The number of nitrogens with one attached hydrogen (secondary N) is 2. The van der Waals surface area contributed by atoms with Gasteiger partial charge < -0.3 is 15.5 Å². The lowest BCUT2D eigenvalue weighted by Gasteiger charge is -2.12. The maximum absolute atomic E-state index is 11.2. The van der Waals surface area contributed by atoms with Crippen LogP contribution in [-0.4, -0.2) is 48.3 Å². The van der Waals surface area contributed by atoms with Crippen LogP contribution in [0, 0.1) is 0 Å². The van der Waals surface area contributed by atoms with Crippen molar-refractivity contribution in [3.8, 4) is 0 Å². The smallest absolute Gasteiger partial charge is 0.350 e. The standard InChI is InChI=1S/C9H11N3O6/c13-5-10-3-6(14)11-4-9(17)18-12-7(15)1-2-8(12)16/h5H,1-4H2,(H,10,13)(H,11,14). The zero-order valence-corrected chi connectivity index (χ0v) is 9.30. The summed E-state index contributed by atoms with van der Waals surface area (Å²) in [6.07, 6.45) is 0.336. The van der Waals surface area contributed by atoms with Gasteiger partial charge in [-0.1, -0.05) is 0 Å². The minimum absolute atomic E-state index is 0.00171. The summed E-state index contributed by atoms with van der Waals surface area (Å²) in [5, 5.41) is 4.62. The zero-order chi connectivity index (χ0) is 13.5. The van der Waals surface area contributed by atoms with E-state index in [4.69, 9.17) is 0 Å². The second-order valence-electron chi connectivity index (χ2n) is 3.32. The van der Waals surface area contributed by atoms with E-state index in [9.17, 15) is 24.0 Å². The minimum Gasteiger partial charge on any atom is -0.350 e. The number of hydroxylamine groups is 2. The van der Waals surface area contributed by atoms with Crippen molar-refractivity contribution in [2.24, 2.45) is 0 Å². The first kappa shape index (κ1) is 13.6.